The van der Waals surface area contributed by atoms with Crippen molar-refractivity contribution in [2.45, 2.75) is 19.0 Å². The van der Waals surface area contributed by atoms with Gasteiger partial charge in [-0.15, -0.1) is 0 Å². The lowest BCUT2D eigenvalue weighted by molar-refractivity contribution is -0.134. The predicted octanol–water partition coefficient (Wildman–Crippen LogP) is 2.57. The highest BCUT2D eigenvalue weighted by Crippen LogP contribution is 2.30. The van der Waals surface area contributed by atoms with E-state index in [9.17, 15) is 19.1 Å². The molecular weight excluding hydrogens is 401 g/mol. The molecule has 1 aromatic carbocycles. The summed E-state index contributed by atoms with van der Waals surface area (Å²) in [6.07, 6.45) is 3.03. The largest absolute Gasteiger partial charge is 0.459 e. The molecule has 3 aromatic rings. The summed E-state index contributed by atoms with van der Waals surface area (Å²) in [7, 11) is 0. The summed E-state index contributed by atoms with van der Waals surface area (Å²) in [5, 5.41) is 9.51. The molecule has 0 fully saturated rings. The van der Waals surface area contributed by atoms with Gasteiger partial charge in [-0.25, -0.2) is 4.39 Å². The summed E-state index contributed by atoms with van der Waals surface area (Å²) in [6.45, 7) is 0.202. The number of halogens is 1. The van der Waals surface area contributed by atoms with Crippen LogP contribution in [0.3, 0.4) is 0 Å². The van der Waals surface area contributed by atoms with Crippen molar-refractivity contribution in [1.29, 1.82) is 0 Å². The number of rotatable bonds is 6. The number of hydrogen-bond donors (Lipinski definition) is 1. The summed E-state index contributed by atoms with van der Waals surface area (Å²) in [6, 6.07) is 13.0. The summed E-state index contributed by atoms with van der Waals surface area (Å²) < 4.78 is 19.4. The Morgan fingerprint density at radius 1 is 1.19 bits per heavy atom. The molecule has 8 heteroatoms. The van der Waals surface area contributed by atoms with Gasteiger partial charge in [0, 0.05) is 37.9 Å². The number of pyridine rings is 1. The third-order valence-electron chi connectivity index (χ3n) is 5.34. The zero-order valence-electron chi connectivity index (χ0n) is 16.8. The van der Waals surface area contributed by atoms with Crippen molar-refractivity contribution in [3.8, 4) is 0 Å². The van der Waals surface area contributed by atoms with Gasteiger partial charge in [-0.2, -0.15) is 0 Å². The van der Waals surface area contributed by atoms with E-state index in [1.54, 1.807) is 47.5 Å². The van der Waals surface area contributed by atoms with Crippen molar-refractivity contribution in [3.63, 3.8) is 0 Å². The normalized spacial score (nSPS) is 15.4. The number of aliphatic hydroxyl groups excluding tert-OH is 1. The molecule has 31 heavy (non-hydrogen) atoms. The fourth-order valence-electron chi connectivity index (χ4n) is 3.82. The first-order chi connectivity index (χ1) is 15.1. The van der Waals surface area contributed by atoms with Gasteiger partial charge in [0.1, 0.15) is 5.82 Å². The van der Waals surface area contributed by atoms with Crippen LogP contribution in [0.15, 0.2) is 65.4 Å². The first kappa shape index (κ1) is 20.7. The second-order valence-corrected chi connectivity index (χ2v) is 7.34. The number of benzene rings is 1. The van der Waals surface area contributed by atoms with Gasteiger partial charge in [-0.1, -0.05) is 24.3 Å². The van der Waals surface area contributed by atoms with Crippen molar-refractivity contribution in [1.82, 2.24) is 14.8 Å². The van der Waals surface area contributed by atoms with Gasteiger partial charge >= 0.3 is 0 Å². The number of aliphatic hydroxyl groups is 1. The molecule has 0 spiro atoms. The maximum absolute atomic E-state index is 14.2. The Morgan fingerprint density at radius 3 is 2.77 bits per heavy atom. The molecule has 0 saturated heterocycles. The number of hydrogen-bond acceptors (Lipinski definition) is 5. The van der Waals surface area contributed by atoms with Gasteiger partial charge < -0.3 is 19.3 Å². The highest BCUT2D eigenvalue weighted by atomic mass is 19.1. The first-order valence-corrected chi connectivity index (χ1v) is 9.98. The van der Waals surface area contributed by atoms with Crippen LogP contribution < -0.4 is 0 Å². The Hall–Kier alpha value is -3.52. The number of fused-ring (bicyclic) bond motifs is 1. The quantitative estimate of drug-likeness (QED) is 0.659. The van der Waals surface area contributed by atoms with E-state index in [-0.39, 0.29) is 43.8 Å². The Kier molecular flexibility index (Phi) is 6.08. The zero-order valence-corrected chi connectivity index (χ0v) is 16.8. The van der Waals surface area contributed by atoms with Crippen molar-refractivity contribution in [3.05, 3.63) is 89.4 Å². The van der Waals surface area contributed by atoms with Crippen molar-refractivity contribution >= 4 is 11.8 Å². The van der Waals surface area contributed by atoms with Crippen LogP contribution in [0.5, 0.6) is 0 Å². The molecule has 3 heterocycles. The average Bonchev–Trinajstić information content (AvgIpc) is 3.33. The van der Waals surface area contributed by atoms with Crippen LogP contribution in [0, 0.1) is 5.82 Å². The predicted molar refractivity (Wildman–Crippen MR) is 109 cm³/mol. The summed E-state index contributed by atoms with van der Waals surface area (Å²) in [4.78, 5) is 33.7. The van der Waals surface area contributed by atoms with Gasteiger partial charge in [-0.05, 0) is 29.8 Å². The van der Waals surface area contributed by atoms with E-state index in [4.69, 9.17) is 4.42 Å². The number of amides is 2. The fraction of sp³-hybridized carbons (Fsp3) is 0.261. The van der Waals surface area contributed by atoms with Gasteiger partial charge in [0.2, 0.25) is 5.91 Å². The maximum atomic E-state index is 14.2. The van der Waals surface area contributed by atoms with E-state index < -0.39 is 11.7 Å². The van der Waals surface area contributed by atoms with E-state index in [1.165, 1.54) is 17.2 Å². The molecule has 1 unspecified atom stereocenters. The molecule has 0 radical (unpaired) electrons. The number of aromatic nitrogens is 1. The van der Waals surface area contributed by atoms with Gasteiger partial charge in [-0.3, -0.25) is 14.6 Å². The number of furan rings is 1. The topological polar surface area (TPSA) is 86.9 Å². The zero-order chi connectivity index (χ0) is 21.8. The summed E-state index contributed by atoms with van der Waals surface area (Å²) in [5.41, 5.74) is 1.71. The molecule has 160 valence electrons. The fourth-order valence-corrected chi connectivity index (χ4v) is 3.82. The second-order valence-electron chi connectivity index (χ2n) is 7.34. The van der Waals surface area contributed by atoms with Crippen LogP contribution in [-0.4, -0.2) is 51.4 Å². The smallest absolute Gasteiger partial charge is 0.289 e. The van der Waals surface area contributed by atoms with Crippen LogP contribution >= 0.6 is 0 Å². The molecule has 1 atom stereocenters. The van der Waals surface area contributed by atoms with E-state index in [2.05, 4.69) is 4.98 Å². The molecule has 2 aromatic heterocycles. The average molecular weight is 423 g/mol. The van der Waals surface area contributed by atoms with Crippen LogP contribution in [0.25, 0.3) is 0 Å². The third kappa shape index (κ3) is 4.34. The Morgan fingerprint density at radius 2 is 2.03 bits per heavy atom. The minimum atomic E-state index is -0.734. The lowest BCUT2D eigenvalue weighted by atomic mass is 9.93. The van der Waals surface area contributed by atoms with Crippen LogP contribution in [-0.2, 0) is 17.9 Å². The molecule has 1 aliphatic heterocycles. The van der Waals surface area contributed by atoms with E-state index in [1.807, 2.05) is 6.07 Å². The number of nitrogens with zero attached hydrogens (tertiary/aromatic N) is 3. The third-order valence-corrected chi connectivity index (χ3v) is 5.34. The monoisotopic (exact) mass is 423 g/mol. The summed E-state index contributed by atoms with van der Waals surface area (Å²) >= 11 is 0. The van der Waals surface area contributed by atoms with E-state index >= 15 is 0 Å². The molecule has 1 aliphatic rings. The standard InChI is InChI=1S/C23H22FN3O4/c24-19-7-2-1-5-16(19)13-26(10-11-28)22(29)18-15-27(23(30)20-8-4-12-31-20)14-17-6-3-9-25-21(17)18/h1-9,12,18,28H,10-11,13-15H2. The Labute approximate surface area is 178 Å². The molecule has 7 nitrogen and oxygen atoms in total. The van der Waals surface area contributed by atoms with Crippen LogP contribution in [0.1, 0.15) is 33.3 Å². The molecule has 4 rings (SSSR count). The molecule has 2 amide bonds. The molecule has 1 N–H and O–H groups in total. The lowest BCUT2D eigenvalue weighted by Gasteiger charge is -2.35. The Balaban J connectivity index is 1.63. The van der Waals surface area contributed by atoms with E-state index in [0.717, 1.165) is 5.56 Å². The maximum Gasteiger partial charge on any atom is 0.289 e. The Bertz CT molecular complexity index is 1070. The highest BCUT2D eigenvalue weighted by Gasteiger charge is 2.37. The minimum absolute atomic E-state index is 0.0108. The van der Waals surface area contributed by atoms with Crippen molar-refractivity contribution < 1.29 is 23.5 Å². The number of carbonyl (C=O) groups excluding carboxylic acids is 2. The SMILES string of the molecule is O=C(c1ccco1)N1Cc2cccnc2C(C(=O)N(CCO)Cc2ccccc2F)C1. The molecule has 0 aliphatic carbocycles. The van der Waals surface area contributed by atoms with Crippen LogP contribution in [0.2, 0.25) is 0 Å². The summed E-state index contributed by atoms with van der Waals surface area (Å²) in [5.74, 6) is -1.61. The van der Waals surface area contributed by atoms with Gasteiger partial charge in [0.15, 0.2) is 5.76 Å². The first-order valence-electron chi connectivity index (χ1n) is 9.98. The van der Waals surface area contributed by atoms with Crippen molar-refractivity contribution in [2.24, 2.45) is 0 Å². The highest BCUT2D eigenvalue weighted by molar-refractivity contribution is 5.93. The van der Waals surface area contributed by atoms with Crippen LogP contribution in [0.4, 0.5) is 4.39 Å². The molecule has 0 bridgehead atoms. The van der Waals surface area contributed by atoms with Gasteiger partial charge in [0.05, 0.1) is 24.5 Å². The van der Waals surface area contributed by atoms with Crippen molar-refractivity contribution in [2.75, 3.05) is 19.7 Å². The van der Waals surface area contributed by atoms with Gasteiger partial charge in [0.25, 0.3) is 5.91 Å². The second kappa shape index (κ2) is 9.09. The minimum Gasteiger partial charge on any atom is -0.459 e. The molecular formula is C23H22FN3O4. The lowest BCUT2D eigenvalue weighted by Crippen LogP contribution is -2.46. The molecule has 0 saturated carbocycles. The number of carbonyl (C=O) groups is 2. The van der Waals surface area contributed by atoms with E-state index in [0.29, 0.717) is 17.8 Å².